The molecule has 0 amide bonds. The van der Waals surface area contributed by atoms with Crippen LogP contribution in [-0.4, -0.2) is 58.0 Å². The number of epoxide rings is 3. The van der Waals surface area contributed by atoms with Crippen LogP contribution in [0.2, 0.25) is 0 Å². The molecule has 3 heterocycles. The van der Waals surface area contributed by atoms with Gasteiger partial charge in [0.2, 0.25) is 0 Å². The van der Waals surface area contributed by atoms with E-state index in [-0.39, 0.29) is 18.3 Å². The third-order valence-corrected chi connectivity index (χ3v) is 5.59. The Morgan fingerprint density at radius 1 is 0.735 bits per heavy atom. The maximum atomic E-state index is 5.93. The van der Waals surface area contributed by atoms with Crippen molar-refractivity contribution < 1.29 is 28.4 Å². The average molecular weight is 463 g/mol. The van der Waals surface area contributed by atoms with Crippen molar-refractivity contribution in [3.63, 3.8) is 0 Å². The zero-order valence-corrected chi connectivity index (χ0v) is 19.4. The lowest BCUT2D eigenvalue weighted by Crippen LogP contribution is -2.04. The van der Waals surface area contributed by atoms with Gasteiger partial charge in [-0.2, -0.15) is 0 Å². The van der Waals surface area contributed by atoms with Crippen LogP contribution in [0.15, 0.2) is 78.6 Å². The molecule has 6 heteroatoms. The highest BCUT2D eigenvalue weighted by Gasteiger charge is 2.24. The number of hydrogen-bond acceptors (Lipinski definition) is 6. The standard InChI is InChI=1S/C28H30O6/c1-2-3-22(29-14-25-17-32-25)12-13-28(20-4-8-23(9-5-20)30-15-26-18-33-26)21-6-10-24(11-7-21)31-16-27-19-34-27/h2-13,25-27H,14-19H2,1H3/b3-2-,22-12+,28-13?. The highest BCUT2D eigenvalue weighted by Crippen LogP contribution is 2.28. The molecule has 0 aliphatic carbocycles. The molecule has 3 saturated heterocycles. The molecule has 3 fully saturated rings. The molecule has 0 N–H and O–H groups in total. The minimum atomic E-state index is 0.208. The second-order valence-corrected chi connectivity index (χ2v) is 8.50. The van der Waals surface area contributed by atoms with E-state index in [1.54, 1.807) is 0 Å². The van der Waals surface area contributed by atoms with E-state index in [0.717, 1.165) is 53.8 Å². The van der Waals surface area contributed by atoms with Crippen LogP contribution in [0.1, 0.15) is 18.1 Å². The van der Waals surface area contributed by atoms with Crippen LogP contribution in [-0.2, 0) is 18.9 Å². The summed E-state index contributed by atoms with van der Waals surface area (Å²) in [6, 6.07) is 16.3. The highest BCUT2D eigenvalue weighted by atomic mass is 16.6. The zero-order valence-electron chi connectivity index (χ0n) is 19.4. The molecule has 3 unspecified atom stereocenters. The summed E-state index contributed by atoms with van der Waals surface area (Å²) in [6.45, 7) is 6.06. The van der Waals surface area contributed by atoms with Gasteiger partial charge in [-0.1, -0.05) is 36.4 Å². The summed E-state index contributed by atoms with van der Waals surface area (Å²) in [5.41, 5.74) is 3.23. The summed E-state index contributed by atoms with van der Waals surface area (Å²) < 4.78 is 33.3. The van der Waals surface area contributed by atoms with Crippen molar-refractivity contribution in [1.82, 2.24) is 0 Å². The van der Waals surface area contributed by atoms with Crippen LogP contribution in [0, 0.1) is 0 Å². The van der Waals surface area contributed by atoms with Gasteiger partial charge in [-0.15, -0.1) is 0 Å². The Kier molecular flexibility index (Phi) is 7.29. The lowest BCUT2D eigenvalue weighted by atomic mass is 9.97. The van der Waals surface area contributed by atoms with Crippen LogP contribution < -0.4 is 9.47 Å². The lowest BCUT2D eigenvalue weighted by molar-refractivity contribution is 0.193. The molecule has 2 aromatic carbocycles. The second kappa shape index (κ2) is 10.9. The van der Waals surface area contributed by atoms with E-state index < -0.39 is 0 Å². The first kappa shape index (κ1) is 22.7. The zero-order chi connectivity index (χ0) is 23.2. The van der Waals surface area contributed by atoms with Gasteiger partial charge in [0.25, 0.3) is 0 Å². The topological polar surface area (TPSA) is 65.3 Å². The maximum Gasteiger partial charge on any atom is 0.119 e. The fraction of sp³-hybridized carbons (Fsp3) is 0.357. The van der Waals surface area contributed by atoms with Crippen LogP contribution >= 0.6 is 0 Å². The molecule has 34 heavy (non-hydrogen) atoms. The van der Waals surface area contributed by atoms with Crippen LogP contribution in [0.4, 0.5) is 0 Å². The first-order valence-corrected chi connectivity index (χ1v) is 11.8. The molecule has 0 aromatic heterocycles. The molecule has 5 rings (SSSR count). The third-order valence-electron chi connectivity index (χ3n) is 5.59. The SMILES string of the molecule is C/C=C\C(=C/C=C(c1ccc(OCC2CO2)cc1)c1ccc(OCC2CO2)cc1)OCC1CO1. The van der Waals surface area contributed by atoms with E-state index in [0.29, 0.717) is 19.8 Å². The molecular weight excluding hydrogens is 432 g/mol. The van der Waals surface area contributed by atoms with Crippen LogP contribution in [0.3, 0.4) is 0 Å². The van der Waals surface area contributed by atoms with Crippen molar-refractivity contribution in [3.8, 4) is 11.5 Å². The molecule has 0 saturated carbocycles. The monoisotopic (exact) mass is 462 g/mol. The van der Waals surface area contributed by atoms with Gasteiger partial charge in [-0.05, 0) is 60.0 Å². The fourth-order valence-corrected chi connectivity index (χ4v) is 3.36. The quantitative estimate of drug-likeness (QED) is 0.247. The third kappa shape index (κ3) is 6.97. The van der Waals surface area contributed by atoms with Crippen molar-refractivity contribution in [2.75, 3.05) is 39.6 Å². The molecular formula is C28H30O6. The first-order chi connectivity index (χ1) is 16.8. The van der Waals surface area contributed by atoms with E-state index in [9.17, 15) is 0 Å². The predicted octanol–water partition coefficient (Wildman–Crippen LogP) is 4.55. The summed E-state index contributed by atoms with van der Waals surface area (Å²) in [4.78, 5) is 0. The number of ether oxygens (including phenoxy) is 6. The smallest absolute Gasteiger partial charge is 0.119 e. The molecule has 0 radical (unpaired) electrons. The van der Waals surface area contributed by atoms with Crippen molar-refractivity contribution in [2.24, 2.45) is 0 Å². The van der Waals surface area contributed by atoms with E-state index in [2.05, 4.69) is 30.3 Å². The minimum Gasteiger partial charge on any atom is -0.491 e. The van der Waals surface area contributed by atoms with E-state index in [1.807, 2.05) is 49.4 Å². The van der Waals surface area contributed by atoms with E-state index in [4.69, 9.17) is 28.4 Å². The molecule has 3 aliphatic heterocycles. The maximum absolute atomic E-state index is 5.93. The van der Waals surface area contributed by atoms with Crippen molar-refractivity contribution >= 4 is 5.57 Å². The fourth-order valence-electron chi connectivity index (χ4n) is 3.36. The summed E-state index contributed by atoms with van der Waals surface area (Å²) in [7, 11) is 0. The molecule has 3 atom stereocenters. The van der Waals surface area contributed by atoms with Gasteiger partial charge in [0, 0.05) is 0 Å². The van der Waals surface area contributed by atoms with Crippen molar-refractivity contribution in [2.45, 2.75) is 25.2 Å². The normalized spacial score (nSPS) is 22.9. The van der Waals surface area contributed by atoms with Crippen molar-refractivity contribution in [3.05, 3.63) is 89.7 Å². The molecule has 3 aliphatic rings. The summed E-state index contributed by atoms with van der Waals surface area (Å²) >= 11 is 0. The van der Waals surface area contributed by atoms with Crippen LogP contribution in [0.25, 0.3) is 5.57 Å². The predicted molar refractivity (Wildman–Crippen MR) is 129 cm³/mol. The minimum absolute atomic E-state index is 0.208. The summed E-state index contributed by atoms with van der Waals surface area (Å²) in [6.07, 6.45) is 8.70. The Morgan fingerprint density at radius 2 is 1.21 bits per heavy atom. The molecule has 178 valence electrons. The summed E-state index contributed by atoms with van der Waals surface area (Å²) in [5.74, 6) is 2.47. The Hall–Kier alpha value is -3.06. The van der Waals surface area contributed by atoms with Crippen molar-refractivity contribution in [1.29, 1.82) is 0 Å². The Bertz CT molecular complexity index is 964. The summed E-state index contributed by atoms with van der Waals surface area (Å²) in [5, 5.41) is 0. The molecule has 0 bridgehead atoms. The van der Waals surface area contributed by atoms with Crippen LogP contribution in [0.5, 0.6) is 11.5 Å². The number of allylic oxidation sites excluding steroid dienone is 4. The van der Waals surface area contributed by atoms with Gasteiger partial charge in [0.05, 0.1) is 19.8 Å². The first-order valence-electron chi connectivity index (χ1n) is 11.8. The average Bonchev–Trinajstić information content (AvgIpc) is 3.70. The Morgan fingerprint density at radius 3 is 1.65 bits per heavy atom. The number of benzene rings is 2. The highest BCUT2D eigenvalue weighted by molar-refractivity contribution is 5.81. The van der Waals surface area contributed by atoms with Gasteiger partial charge in [0.1, 0.15) is 55.4 Å². The van der Waals surface area contributed by atoms with Gasteiger partial charge in [-0.3, -0.25) is 0 Å². The van der Waals surface area contributed by atoms with Gasteiger partial charge >= 0.3 is 0 Å². The largest absolute Gasteiger partial charge is 0.491 e. The van der Waals surface area contributed by atoms with Gasteiger partial charge < -0.3 is 28.4 Å². The van der Waals surface area contributed by atoms with Gasteiger partial charge in [0.15, 0.2) is 0 Å². The molecule has 2 aromatic rings. The second-order valence-electron chi connectivity index (χ2n) is 8.50. The Labute approximate surface area is 200 Å². The van der Waals surface area contributed by atoms with E-state index in [1.165, 1.54) is 0 Å². The Balaban J connectivity index is 1.36. The number of rotatable bonds is 13. The molecule has 6 nitrogen and oxygen atoms in total. The van der Waals surface area contributed by atoms with Gasteiger partial charge in [-0.25, -0.2) is 0 Å². The van der Waals surface area contributed by atoms with E-state index >= 15 is 0 Å². The lowest BCUT2D eigenvalue weighted by Gasteiger charge is -2.12. The number of hydrogen-bond donors (Lipinski definition) is 0. The molecule has 0 spiro atoms.